The third-order valence-corrected chi connectivity index (χ3v) is 3.03. The van der Waals surface area contributed by atoms with E-state index in [9.17, 15) is 4.79 Å². The molecule has 0 spiro atoms. The Morgan fingerprint density at radius 3 is 2.63 bits per heavy atom. The molecule has 0 aliphatic rings. The van der Waals surface area contributed by atoms with Crippen LogP contribution in [0.2, 0.25) is 0 Å². The van der Waals surface area contributed by atoms with Crippen molar-refractivity contribution in [1.82, 2.24) is 5.32 Å². The molecule has 0 aliphatic heterocycles. The molecule has 0 aliphatic carbocycles. The number of furan rings is 1. The fraction of sp³-hybridized carbons (Fsp3) is 0.267. The van der Waals surface area contributed by atoms with Crippen molar-refractivity contribution in [2.24, 2.45) is 0 Å². The number of carboxylic acid groups (broad SMARTS) is 1. The van der Waals surface area contributed by atoms with Crippen molar-refractivity contribution in [3.8, 4) is 0 Å². The van der Waals surface area contributed by atoms with Crippen molar-refractivity contribution in [3.05, 3.63) is 59.5 Å². The Balaban J connectivity index is 2.01. The molecule has 0 saturated heterocycles. The number of hydrogen-bond donors (Lipinski definition) is 2. The molecule has 0 fully saturated rings. The number of benzene rings is 1. The van der Waals surface area contributed by atoms with E-state index >= 15 is 0 Å². The van der Waals surface area contributed by atoms with Gasteiger partial charge in [0.1, 0.15) is 5.76 Å². The zero-order chi connectivity index (χ0) is 13.7. The average molecular weight is 259 g/mol. The molecule has 0 amide bonds. The molecule has 0 unspecified atom stereocenters. The van der Waals surface area contributed by atoms with E-state index in [1.807, 2.05) is 43.3 Å². The topological polar surface area (TPSA) is 62.5 Å². The lowest BCUT2D eigenvalue weighted by Gasteiger charge is -2.13. The maximum absolute atomic E-state index is 10.8. The molecule has 1 aromatic carbocycles. The van der Waals surface area contributed by atoms with Crippen LogP contribution in [-0.4, -0.2) is 11.1 Å². The Bertz CT molecular complexity index is 534. The molecule has 1 aromatic heterocycles. The zero-order valence-electron chi connectivity index (χ0n) is 10.8. The lowest BCUT2D eigenvalue weighted by Crippen LogP contribution is -2.19. The van der Waals surface area contributed by atoms with Crippen molar-refractivity contribution in [2.45, 2.75) is 25.9 Å². The molecule has 2 aromatic rings. The van der Waals surface area contributed by atoms with Crippen LogP contribution in [0.4, 0.5) is 0 Å². The summed E-state index contributed by atoms with van der Waals surface area (Å²) in [5, 5.41) is 12.2. The van der Waals surface area contributed by atoms with E-state index in [4.69, 9.17) is 9.52 Å². The van der Waals surface area contributed by atoms with E-state index in [2.05, 4.69) is 5.32 Å². The molecule has 4 nitrogen and oxygen atoms in total. The van der Waals surface area contributed by atoms with Crippen LogP contribution in [0.3, 0.4) is 0 Å². The van der Waals surface area contributed by atoms with E-state index in [0.29, 0.717) is 6.54 Å². The second kappa shape index (κ2) is 6.20. The van der Waals surface area contributed by atoms with E-state index in [1.165, 1.54) is 0 Å². The molecule has 2 rings (SSSR count). The van der Waals surface area contributed by atoms with Gasteiger partial charge in [0, 0.05) is 6.54 Å². The maximum Gasteiger partial charge on any atom is 0.307 e. The van der Waals surface area contributed by atoms with Gasteiger partial charge >= 0.3 is 5.97 Å². The van der Waals surface area contributed by atoms with E-state index < -0.39 is 5.97 Å². The number of aliphatic carboxylic acids is 1. The van der Waals surface area contributed by atoms with Gasteiger partial charge in [0.2, 0.25) is 0 Å². The highest BCUT2D eigenvalue weighted by Gasteiger charge is 2.10. The summed E-state index contributed by atoms with van der Waals surface area (Å²) in [5.74, 6) is 0.0576. The lowest BCUT2D eigenvalue weighted by molar-refractivity contribution is -0.136. The van der Waals surface area contributed by atoms with E-state index in [-0.39, 0.29) is 12.5 Å². The predicted octanol–water partition coefficient (Wildman–Crippen LogP) is 2.76. The van der Waals surface area contributed by atoms with Crippen molar-refractivity contribution in [2.75, 3.05) is 0 Å². The first-order chi connectivity index (χ1) is 9.16. The minimum Gasteiger partial charge on any atom is -0.481 e. The van der Waals surface area contributed by atoms with Crippen molar-refractivity contribution in [3.63, 3.8) is 0 Å². The van der Waals surface area contributed by atoms with Gasteiger partial charge in [-0.25, -0.2) is 0 Å². The molecule has 4 heteroatoms. The standard InChI is InChI=1S/C15H17NO3/c1-11(14-7-4-8-19-14)16-10-13-6-3-2-5-12(13)9-15(17)18/h2-8,11,16H,9-10H2,1H3,(H,17,18)/t11-/m1/s1. The summed E-state index contributed by atoms with van der Waals surface area (Å²) in [6.45, 7) is 2.63. The van der Waals surface area contributed by atoms with Crippen molar-refractivity contribution < 1.29 is 14.3 Å². The van der Waals surface area contributed by atoms with E-state index in [0.717, 1.165) is 16.9 Å². The fourth-order valence-electron chi connectivity index (χ4n) is 1.97. The summed E-state index contributed by atoms with van der Waals surface area (Å²) < 4.78 is 5.32. The van der Waals surface area contributed by atoms with E-state index in [1.54, 1.807) is 6.26 Å². The Labute approximate surface area is 112 Å². The molecule has 0 saturated carbocycles. The Hall–Kier alpha value is -2.07. The summed E-state index contributed by atoms with van der Waals surface area (Å²) >= 11 is 0. The summed E-state index contributed by atoms with van der Waals surface area (Å²) in [6.07, 6.45) is 1.69. The number of hydrogen-bond acceptors (Lipinski definition) is 3. The van der Waals surface area contributed by atoms with Crippen LogP contribution in [0, 0.1) is 0 Å². The van der Waals surface area contributed by atoms with Crippen LogP contribution < -0.4 is 5.32 Å². The Kier molecular flexibility index (Phi) is 4.36. The molecular formula is C15H17NO3. The number of rotatable bonds is 6. The van der Waals surface area contributed by atoms with Crippen molar-refractivity contribution in [1.29, 1.82) is 0 Å². The monoisotopic (exact) mass is 259 g/mol. The average Bonchev–Trinajstić information content (AvgIpc) is 2.90. The first kappa shape index (κ1) is 13.4. The molecule has 2 N–H and O–H groups in total. The predicted molar refractivity (Wildman–Crippen MR) is 71.7 cm³/mol. The first-order valence-corrected chi connectivity index (χ1v) is 6.22. The summed E-state index contributed by atoms with van der Waals surface area (Å²) in [7, 11) is 0. The summed E-state index contributed by atoms with van der Waals surface area (Å²) in [6, 6.07) is 11.4. The van der Waals surface area contributed by atoms with Crippen LogP contribution in [0.1, 0.15) is 29.9 Å². The van der Waals surface area contributed by atoms with Crippen LogP contribution in [-0.2, 0) is 17.8 Å². The molecule has 1 heterocycles. The van der Waals surface area contributed by atoms with Crippen molar-refractivity contribution >= 4 is 5.97 Å². The molecule has 19 heavy (non-hydrogen) atoms. The van der Waals surface area contributed by atoms with Gasteiger partial charge in [0.15, 0.2) is 0 Å². The van der Waals surface area contributed by atoms with Crippen LogP contribution >= 0.6 is 0 Å². The SMILES string of the molecule is C[C@@H](NCc1ccccc1CC(=O)O)c1ccco1. The maximum atomic E-state index is 10.8. The zero-order valence-corrected chi connectivity index (χ0v) is 10.8. The fourth-order valence-corrected chi connectivity index (χ4v) is 1.97. The van der Waals surface area contributed by atoms with Gasteiger partial charge in [-0.2, -0.15) is 0 Å². The summed E-state index contributed by atoms with van der Waals surface area (Å²) in [4.78, 5) is 10.8. The molecule has 100 valence electrons. The van der Waals surface area contributed by atoms with Crippen LogP contribution in [0.15, 0.2) is 47.1 Å². The third kappa shape index (κ3) is 3.69. The number of carbonyl (C=O) groups is 1. The van der Waals surface area contributed by atoms with Gasteiger partial charge in [-0.15, -0.1) is 0 Å². The Morgan fingerprint density at radius 2 is 2.00 bits per heavy atom. The molecule has 1 atom stereocenters. The number of nitrogens with one attached hydrogen (secondary N) is 1. The number of carboxylic acids is 1. The minimum absolute atomic E-state index is 0.0486. The van der Waals surface area contributed by atoms with Gasteiger partial charge in [-0.05, 0) is 30.2 Å². The largest absolute Gasteiger partial charge is 0.481 e. The van der Waals surface area contributed by atoms with Gasteiger partial charge in [-0.1, -0.05) is 24.3 Å². The van der Waals surface area contributed by atoms with Gasteiger partial charge in [0.05, 0.1) is 18.7 Å². The highest BCUT2D eigenvalue weighted by Crippen LogP contribution is 2.15. The second-order valence-electron chi connectivity index (χ2n) is 4.46. The lowest BCUT2D eigenvalue weighted by atomic mass is 10.0. The van der Waals surface area contributed by atoms with Gasteiger partial charge in [0.25, 0.3) is 0 Å². The Morgan fingerprint density at radius 1 is 1.26 bits per heavy atom. The quantitative estimate of drug-likeness (QED) is 0.837. The van der Waals surface area contributed by atoms with Crippen LogP contribution in [0.5, 0.6) is 0 Å². The second-order valence-corrected chi connectivity index (χ2v) is 4.46. The third-order valence-electron chi connectivity index (χ3n) is 3.03. The highest BCUT2D eigenvalue weighted by atomic mass is 16.4. The van der Waals surface area contributed by atoms with Gasteiger partial charge in [-0.3, -0.25) is 4.79 Å². The molecule has 0 radical (unpaired) electrons. The smallest absolute Gasteiger partial charge is 0.307 e. The first-order valence-electron chi connectivity index (χ1n) is 6.22. The van der Waals surface area contributed by atoms with Crippen LogP contribution in [0.25, 0.3) is 0 Å². The normalized spacial score (nSPS) is 12.3. The molecule has 0 bridgehead atoms. The highest BCUT2D eigenvalue weighted by molar-refractivity contribution is 5.70. The molecular weight excluding hydrogens is 242 g/mol. The van der Waals surface area contributed by atoms with Gasteiger partial charge < -0.3 is 14.8 Å². The summed E-state index contributed by atoms with van der Waals surface area (Å²) in [5.41, 5.74) is 1.84. The minimum atomic E-state index is -0.813.